The number of hydrogen-bond donors (Lipinski definition) is 2. The molecule has 0 fully saturated rings. The lowest BCUT2D eigenvalue weighted by Gasteiger charge is -2.06. The van der Waals surface area contributed by atoms with Gasteiger partial charge in [-0.05, 0) is 35.9 Å². The van der Waals surface area contributed by atoms with Crippen LogP contribution >= 0.6 is 0 Å². The molecule has 0 aromatic heterocycles. The number of ether oxygens (including phenoxy) is 1. The molecule has 2 amide bonds. The molecule has 5 nitrogen and oxygen atoms in total. The molecule has 0 spiro atoms. The molecule has 0 aliphatic rings. The zero-order valence-electron chi connectivity index (χ0n) is 13.5. The maximum absolute atomic E-state index is 11.7. The number of anilines is 1. The van der Waals surface area contributed by atoms with Crippen LogP contribution in [0.1, 0.15) is 12.5 Å². The van der Waals surface area contributed by atoms with Crippen molar-refractivity contribution in [3.63, 3.8) is 0 Å². The molecule has 2 aromatic rings. The fraction of sp³-hybridized carbons (Fsp3) is 0.158. The van der Waals surface area contributed by atoms with E-state index in [1.165, 1.54) is 13.0 Å². The Kier molecular flexibility index (Phi) is 6.58. The molecular weight excluding hydrogens is 304 g/mol. The van der Waals surface area contributed by atoms with Crippen LogP contribution in [0.5, 0.6) is 5.75 Å². The Hall–Kier alpha value is -3.08. The third-order valence-electron chi connectivity index (χ3n) is 3.07. The van der Waals surface area contributed by atoms with Gasteiger partial charge in [0.05, 0.1) is 6.54 Å². The second kappa shape index (κ2) is 9.15. The first-order valence-corrected chi connectivity index (χ1v) is 7.65. The van der Waals surface area contributed by atoms with Crippen molar-refractivity contribution in [1.82, 2.24) is 5.32 Å². The summed E-state index contributed by atoms with van der Waals surface area (Å²) in [5, 5.41) is 5.44. The van der Waals surface area contributed by atoms with E-state index >= 15 is 0 Å². The van der Waals surface area contributed by atoms with E-state index < -0.39 is 0 Å². The predicted molar refractivity (Wildman–Crippen MR) is 94.7 cm³/mol. The molecule has 2 rings (SSSR count). The van der Waals surface area contributed by atoms with Gasteiger partial charge in [0.25, 0.3) is 0 Å². The van der Waals surface area contributed by atoms with Gasteiger partial charge in [-0.3, -0.25) is 9.59 Å². The summed E-state index contributed by atoms with van der Waals surface area (Å²) in [6, 6.07) is 16.7. The molecule has 0 aliphatic carbocycles. The number of amides is 2. The second-order valence-electron chi connectivity index (χ2n) is 5.09. The molecule has 0 bridgehead atoms. The van der Waals surface area contributed by atoms with Gasteiger partial charge in [-0.15, -0.1) is 0 Å². The molecular formula is C19H20N2O3. The van der Waals surface area contributed by atoms with E-state index in [-0.39, 0.29) is 11.8 Å². The molecule has 2 N–H and O–H groups in total. The number of rotatable bonds is 7. The van der Waals surface area contributed by atoms with Gasteiger partial charge < -0.3 is 15.4 Å². The summed E-state index contributed by atoms with van der Waals surface area (Å²) in [7, 11) is 0. The van der Waals surface area contributed by atoms with Crippen molar-refractivity contribution in [1.29, 1.82) is 0 Å². The Morgan fingerprint density at radius 3 is 2.42 bits per heavy atom. The lowest BCUT2D eigenvalue weighted by Crippen LogP contribution is -2.26. The minimum Gasteiger partial charge on any atom is -0.492 e. The first-order chi connectivity index (χ1) is 11.6. The highest BCUT2D eigenvalue weighted by molar-refractivity contribution is 5.92. The van der Waals surface area contributed by atoms with Gasteiger partial charge in [-0.1, -0.05) is 30.3 Å². The summed E-state index contributed by atoms with van der Waals surface area (Å²) >= 11 is 0. The molecule has 0 unspecified atom stereocenters. The van der Waals surface area contributed by atoms with Crippen molar-refractivity contribution in [3.05, 3.63) is 66.2 Å². The summed E-state index contributed by atoms with van der Waals surface area (Å²) in [5.74, 6) is 0.481. The number of carbonyl (C=O) groups is 2. The Morgan fingerprint density at radius 1 is 1.04 bits per heavy atom. The zero-order chi connectivity index (χ0) is 17.2. The van der Waals surface area contributed by atoms with Crippen molar-refractivity contribution < 1.29 is 14.3 Å². The SMILES string of the molecule is CC(=O)Nc1ccc(/C=C/C(=O)NCCOc2ccccc2)cc1. The van der Waals surface area contributed by atoms with Gasteiger partial charge in [0.15, 0.2) is 0 Å². The lowest BCUT2D eigenvalue weighted by molar-refractivity contribution is -0.116. The second-order valence-corrected chi connectivity index (χ2v) is 5.09. The average molecular weight is 324 g/mol. The quantitative estimate of drug-likeness (QED) is 0.608. The van der Waals surface area contributed by atoms with E-state index in [2.05, 4.69) is 10.6 Å². The monoisotopic (exact) mass is 324 g/mol. The predicted octanol–water partition coefficient (Wildman–Crippen LogP) is 2.85. The topological polar surface area (TPSA) is 67.4 Å². The van der Waals surface area contributed by atoms with Gasteiger partial charge in [0.1, 0.15) is 12.4 Å². The summed E-state index contributed by atoms with van der Waals surface area (Å²) in [6.07, 6.45) is 3.18. The number of benzene rings is 2. The first-order valence-electron chi connectivity index (χ1n) is 7.65. The largest absolute Gasteiger partial charge is 0.492 e. The smallest absolute Gasteiger partial charge is 0.244 e. The van der Waals surface area contributed by atoms with E-state index in [1.807, 2.05) is 42.5 Å². The number of hydrogen-bond acceptors (Lipinski definition) is 3. The highest BCUT2D eigenvalue weighted by Gasteiger charge is 1.97. The van der Waals surface area contributed by atoms with Gasteiger partial charge in [0.2, 0.25) is 11.8 Å². The van der Waals surface area contributed by atoms with Crippen LogP contribution in [-0.2, 0) is 9.59 Å². The fourth-order valence-corrected chi connectivity index (χ4v) is 1.97. The van der Waals surface area contributed by atoms with E-state index in [1.54, 1.807) is 18.2 Å². The van der Waals surface area contributed by atoms with Gasteiger partial charge in [-0.25, -0.2) is 0 Å². The summed E-state index contributed by atoms with van der Waals surface area (Å²) < 4.78 is 5.49. The average Bonchev–Trinajstić information content (AvgIpc) is 2.58. The van der Waals surface area contributed by atoms with Crippen LogP contribution in [0.4, 0.5) is 5.69 Å². The third kappa shape index (κ3) is 6.36. The molecule has 0 radical (unpaired) electrons. The maximum atomic E-state index is 11.7. The molecule has 24 heavy (non-hydrogen) atoms. The molecule has 124 valence electrons. The normalized spacial score (nSPS) is 10.4. The molecule has 0 saturated heterocycles. The van der Waals surface area contributed by atoms with Crippen LogP contribution in [-0.4, -0.2) is 25.0 Å². The van der Waals surface area contributed by atoms with Crippen molar-refractivity contribution >= 4 is 23.6 Å². The standard InChI is InChI=1S/C19H20N2O3/c1-15(22)21-17-10-7-16(8-11-17)9-12-19(23)20-13-14-24-18-5-3-2-4-6-18/h2-12H,13-14H2,1H3,(H,20,23)(H,21,22)/b12-9+. The van der Waals surface area contributed by atoms with Crippen LogP contribution < -0.4 is 15.4 Å². The highest BCUT2D eigenvalue weighted by atomic mass is 16.5. The molecule has 0 saturated carbocycles. The van der Waals surface area contributed by atoms with Crippen LogP contribution in [0.2, 0.25) is 0 Å². The van der Waals surface area contributed by atoms with Crippen molar-refractivity contribution in [2.24, 2.45) is 0 Å². The lowest BCUT2D eigenvalue weighted by atomic mass is 10.2. The zero-order valence-corrected chi connectivity index (χ0v) is 13.5. The maximum Gasteiger partial charge on any atom is 0.244 e. The van der Waals surface area contributed by atoms with E-state index in [0.29, 0.717) is 13.2 Å². The van der Waals surface area contributed by atoms with Crippen molar-refractivity contribution in [2.45, 2.75) is 6.92 Å². The van der Waals surface area contributed by atoms with Gasteiger partial charge in [0, 0.05) is 18.7 Å². The van der Waals surface area contributed by atoms with Crippen LogP contribution in [0.25, 0.3) is 6.08 Å². The first kappa shape index (κ1) is 17.3. The fourth-order valence-electron chi connectivity index (χ4n) is 1.97. The van der Waals surface area contributed by atoms with Gasteiger partial charge >= 0.3 is 0 Å². The van der Waals surface area contributed by atoms with E-state index in [0.717, 1.165) is 17.0 Å². The van der Waals surface area contributed by atoms with E-state index in [9.17, 15) is 9.59 Å². The summed E-state index contributed by atoms with van der Waals surface area (Å²) in [5.41, 5.74) is 1.60. The van der Waals surface area contributed by atoms with Crippen LogP contribution in [0.3, 0.4) is 0 Å². The molecule has 0 atom stereocenters. The molecule has 0 heterocycles. The number of para-hydroxylation sites is 1. The van der Waals surface area contributed by atoms with Crippen molar-refractivity contribution in [2.75, 3.05) is 18.5 Å². The van der Waals surface area contributed by atoms with E-state index in [4.69, 9.17) is 4.74 Å². The van der Waals surface area contributed by atoms with Gasteiger partial charge in [-0.2, -0.15) is 0 Å². The molecule has 2 aromatic carbocycles. The third-order valence-corrected chi connectivity index (χ3v) is 3.07. The van der Waals surface area contributed by atoms with Crippen LogP contribution in [0, 0.1) is 0 Å². The molecule has 5 heteroatoms. The minimum absolute atomic E-state index is 0.115. The van der Waals surface area contributed by atoms with Crippen molar-refractivity contribution in [3.8, 4) is 5.75 Å². The Morgan fingerprint density at radius 2 is 1.75 bits per heavy atom. The Balaban J connectivity index is 1.71. The number of nitrogens with one attached hydrogen (secondary N) is 2. The Bertz CT molecular complexity index is 694. The Labute approximate surface area is 141 Å². The summed E-state index contributed by atoms with van der Waals surface area (Å²) in [4.78, 5) is 22.7. The molecule has 0 aliphatic heterocycles. The summed E-state index contributed by atoms with van der Waals surface area (Å²) in [6.45, 7) is 2.30. The van der Waals surface area contributed by atoms with Crippen LogP contribution in [0.15, 0.2) is 60.7 Å². The number of carbonyl (C=O) groups excluding carboxylic acids is 2. The highest BCUT2D eigenvalue weighted by Crippen LogP contribution is 2.10. The minimum atomic E-state index is -0.183.